The molecule has 0 saturated carbocycles. The van der Waals surface area contributed by atoms with Crippen molar-refractivity contribution >= 4 is 5.97 Å². The van der Waals surface area contributed by atoms with Crippen molar-refractivity contribution < 1.29 is 31.8 Å². The van der Waals surface area contributed by atoms with Gasteiger partial charge in [-0.1, -0.05) is 37.6 Å². The van der Waals surface area contributed by atoms with E-state index in [1.54, 1.807) is 12.1 Å². The van der Waals surface area contributed by atoms with Crippen molar-refractivity contribution in [1.29, 1.82) is 0 Å². The third-order valence-electron chi connectivity index (χ3n) is 4.19. The lowest BCUT2D eigenvalue weighted by molar-refractivity contribution is -0.189. The van der Waals surface area contributed by atoms with Crippen LogP contribution in [0.2, 0.25) is 0 Å². The maximum Gasteiger partial charge on any atom is 0.432 e. The van der Waals surface area contributed by atoms with Crippen LogP contribution >= 0.6 is 0 Å². The number of aryl methyl sites for hydroxylation is 1. The van der Waals surface area contributed by atoms with E-state index in [2.05, 4.69) is 11.3 Å². The number of halogens is 4. The molecular weight excluding hydrogens is 388 g/mol. The summed E-state index contributed by atoms with van der Waals surface area (Å²) in [6.45, 7) is 3.67. The fraction of sp³-hybridized carbons (Fsp3) is 0.318. The summed E-state index contributed by atoms with van der Waals surface area (Å²) in [6.07, 6.45) is 1.19. The molecule has 0 fully saturated rings. The Morgan fingerprint density at radius 3 is 2.21 bits per heavy atom. The van der Waals surface area contributed by atoms with Crippen molar-refractivity contribution in [2.75, 3.05) is 6.61 Å². The van der Waals surface area contributed by atoms with Crippen molar-refractivity contribution in [3.8, 4) is 5.75 Å². The molecule has 0 radical (unpaired) electrons. The molecule has 7 heteroatoms. The molecule has 29 heavy (non-hydrogen) atoms. The number of hydrogen-bond acceptors (Lipinski definition) is 3. The minimum absolute atomic E-state index is 0.189. The molecule has 0 unspecified atom stereocenters. The maximum absolute atomic E-state index is 14.1. The summed E-state index contributed by atoms with van der Waals surface area (Å²) in [5, 5.41) is 0. The summed E-state index contributed by atoms with van der Waals surface area (Å²) < 4.78 is 64.9. The fourth-order valence-corrected chi connectivity index (χ4v) is 2.72. The SMILES string of the molecule is C=CC(=O)OCCCCCCc1ccc(OC(F)(F)c2c(F)cccc2F)cc1. The van der Waals surface area contributed by atoms with Crippen LogP contribution < -0.4 is 4.74 Å². The largest absolute Gasteiger partial charge is 0.463 e. The number of rotatable bonds is 11. The van der Waals surface area contributed by atoms with Gasteiger partial charge in [0.25, 0.3) is 0 Å². The number of hydrogen-bond donors (Lipinski definition) is 0. The Labute approximate surface area is 166 Å². The molecule has 0 N–H and O–H groups in total. The molecule has 3 nitrogen and oxygen atoms in total. The first-order chi connectivity index (χ1) is 13.8. The molecular formula is C22H22F4O3. The van der Waals surface area contributed by atoms with Gasteiger partial charge in [-0.25, -0.2) is 13.6 Å². The van der Waals surface area contributed by atoms with Crippen molar-refractivity contribution in [3.63, 3.8) is 0 Å². The van der Waals surface area contributed by atoms with Gasteiger partial charge in [-0.15, -0.1) is 0 Å². The van der Waals surface area contributed by atoms with Gasteiger partial charge in [-0.05, 0) is 49.1 Å². The Morgan fingerprint density at radius 2 is 1.59 bits per heavy atom. The number of alkyl halides is 2. The lowest BCUT2D eigenvalue weighted by atomic mass is 10.1. The molecule has 2 rings (SSSR count). The first-order valence-electron chi connectivity index (χ1n) is 9.23. The fourth-order valence-electron chi connectivity index (χ4n) is 2.72. The van der Waals surface area contributed by atoms with Crippen molar-refractivity contribution in [1.82, 2.24) is 0 Å². The molecule has 0 saturated heterocycles. The minimum atomic E-state index is -4.13. The van der Waals surface area contributed by atoms with Crippen LogP contribution in [0.4, 0.5) is 17.6 Å². The molecule has 0 spiro atoms. The number of carbonyl (C=O) groups is 1. The van der Waals surface area contributed by atoms with Crippen LogP contribution in [0.1, 0.15) is 36.8 Å². The number of esters is 1. The summed E-state index contributed by atoms with van der Waals surface area (Å²) in [6, 6.07) is 8.47. The van der Waals surface area contributed by atoms with Gasteiger partial charge in [-0.3, -0.25) is 0 Å². The third kappa shape index (κ3) is 6.93. The van der Waals surface area contributed by atoms with E-state index >= 15 is 0 Å². The van der Waals surface area contributed by atoms with Gasteiger partial charge in [0.1, 0.15) is 22.9 Å². The highest BCUT2D eigenvalue weighted by Gasteiger charge is 2.40. The normalized spacial score (nSPS) is 11.2. The van der Waals surface area contributed by atoms with Gasteiger partial charge < -0.3 is 9.47 Å². The molecule has 0 atom stereocenters. The molecule has 2 aromatic carbocycles. The van der Waals surface area contributed by atoms with E-state index in [4.69, 9.17) is 4.74 Å². The summed E-state index contributed by atoms with van der Waals surface area (Å²) in [7, 11) is 0. The Kier molecular flexibility index (Phi) is 8.24. The molecule has 0 bridgehead atoms. The number of unbranched alkanes of at least 4 members (excludes halogenated alkanes) is 3. The Bertz CT molecular complexity index is 799. The second-order valence-electron chi connectivity index (χ2n) is 6.40. The third-order valence-corrected chi connectivity index (χ3v) is 4.19. The van der Waals surface area contributed by atoms with Gasteiger partial charge in [0.2, 0.25) is 0 Å². The lowest BCUT2D eigenvalue weighted by Crippen LogP contribution is -2.25. The summed E-state index contributed by atoms with van der Waals surface area (Å²) in [5.74, 6) is -3.36. The predicted molar refractivity (Wildman–Crippen MR) is 101 cm³/mol. The molecule has 0 aromatic heterocycles. The number of ether oxygens (including phenoxy) is 2. The van der Waals surface area contributed by atoms with Crippen molar-refractivity contribution in [3.05, 3.63) is 77.9 Å². The van der Waals surface area contributed by atoms with Crippen molar-refractivity contribution in [2.24, 2.45) is 0 Å². The highest BCUT2D eigenvalue weighted by Crippen LogP contribution is 2.34. The Morgan fingerprint density at radius 1 is 0.966 bits per heavy atom. The first-order valence-corrected chi connectivity index (χ1v) is 9.23. The van der Waals surface area contributed by atoms with E-state index in [0.29, 0.717) is 6.61 Å². The zero-order chi connectivity index (χ0) is 21.3. The topological polar surface area (TPSA) is 35.5 Å². The van der Waals surface area contributed by atoms with E-state index in [1.165, 1.54) is 12.1 Å². The first kappa shape index (κ1) is 22.5. The molecule has 0 aliphatic heterocycles. The Balaban J connectivity index is 1.80. The van der Waals surface area contributed by atoms with E-state index in [0.717, 1.165) is 61.9 Å². The molecule has 0 heterocycles. The van der Waals surface area contributed by atoms with Gasteiger partial charge in [0.05, 0.1) is 6.61 Å². The van der Waals surface area contributed by atoms with Gasteiger partial charge in [0.15, 0.2) is 0 Å². The average molecular weight is 410 g/mol. The number of benzene rings is 2. The second-order valence-corrected chi connectivity index (χ2v) is 6.40. The highest BCUT2D eigenvalue weighted by molar-refractivity contribution is 5.81. The van der Waals surface area contributed by atoms with Gasteiger partial charge >= 0.3 is 12.1 Å². The van der Waals surface area contributed by atoms with Crippen LogP contribution in [0.3, 0.4) is 0 Å². The van der Waals surface area contributed by atoms with Crippen molar-refractivity contribution in [2.45, 2.75) is 38.2 Å². The maximum atomic E-state index is 14.1. The van der Waals surface area contributed by atoms with Crippen LogP contribution in [0.25, 0.3) is 0 Å². The van der Waals surface area contributed by atoms with E-state index in [9.17, 15) is 22.4 Å². The lowest BCUT2D eigenvalue weighted by Gasteiger charge is -2.19. The molecule has 0 aliphatic rings. The van der Waals surface area contributed by atoms with Crippen LogP contribution in [0.15, 0.2) is 55.1 Å². The van der Waals surface area contributed by atoms with Crippen LogP contribution in [-0.2, 0) is 22.1 Å². The standard InChI is InChI=1S/C22H22F4O3/c1-2-20(27)28-15-6-4-3-5-8-16-11-13-17(14-12-16)29-22(25,26)21-18(23)9-7-10-19(21)24/h2,7,9-14H,1,3-6,8,15H2. The van der Waals surface area contributed by atoms with Crippen LogP contribution in [-0.4, -0.2) is 12.6 Å². The van der Waals surface area contributed by atoms with Crippen LogP contribution in [0, 0.1) is 11.6 Å². The second kappa shape index (κ2) is 10.6. The molecule has 0 amide bonds. The Hall–Kier alpha value is -2.83. The molecule has 156 valence electrons. The zero-order valence-electron chi connectivity index (χ0n) is 15.8. The van der Waals surface area contributed by atoms with E-state index in [-0.39, 0.29) is 5.75 Å². The summed E-state index contributed by atoms with van der Waals surface area (Å²) >= 11 is 0. The summed E-state index contributed by atoms with van der Waals surface area (Å²) in [4.78, 5) is 10.9. The highest BCUT2D eigenvalue weighted by atomic mass is 19.3. The predicted octanol–water partition coefficient (Wildman–Crippen LogP) is 5.93. The molecule has 0 aliphatic carbocycles. The van der Waals surface area contributed by atoms with E-state index < -0.39 is 29.3 Å². The molecule has 2 aromatic rings. The average Bonchev–Trinajstić information content (AvgIpc) is 2.67. The van der Waals surface area contributed by atoms with Crippen LogP contribution in [0.5, 0.6) is 5.75 Å². The smallest absolute Gasteiger partial charge is 0.432 e. The summed E-state index contributed by atoms with van der Waals surface area (Å²) in [5.41, 5.74) is -0.487. The van der Waals surface area contributed by atoms with Gasteiger partial charge in [-0.2, -0.15) is 8.78 Å². The minimum Gasteiger partial charge on any atom is -0.463 e. The zero-order valence-corrected chi connectivity index (χ0v) is 15.8. The number of carbonyl (C=O) groups excluding carboxylic acids is 1. The monoisotopic (exact) mass is 410 g/mol. The van der Waals surface area contributed by atoms with Gasteiger partial charge in [0, 0.05) is 6.08 Å². The van der Waals surface area contributed by atoms with E-state index in [1.807, 2.05) is 0 Å². The quantitative estimate of drug-likeness (QED) is 0.199.